The van der Waals surface area contributed by atoms with Gasteiger partial charge in [-0.25, -0.2) is 0 Å². The molecule has 1 atom stereocenters. The number of halogens is 2. The number of piperazine rings is 1. The zero-order valence-electron chi connectivity index (χ0n) is 13.4. The van der Waals surface area contributed by atoms with Gasteiger partial charge in [-0.2, -0.15) is 0 Å². The maximum Gasteiger partial charge on any atom is 0.258 e. The van der Waals surface area contributed by atoms with Crippen molar-refractivity contribution in [3.8, 4) is 5.75 Å². The summed E-state index contributed by atoms with van der Waals surface area (Å²) in [6, 6.07) is 14.9. The van der Waals surface area contributed by atoms with E-state index in [0.717, 1.165) is 12.1 Å². The van der Waals surface area contributed by atoms with Crippen molar-refractivity contribution >= 4 is 29.9 Å². The molecule has 128 valence electrons. The van der Waals surface area contributed by atoms with Gasteiger partial charge >= 0.3 is 0 Å². The first kappa shape index (κ1) is 18.6. The van der Waals surface area contributed by atoms with Crippen molar-refractivity contribution in [3.63, 3.8) is 0 Å². The third-order valence-corrected chi connectivity index (χ3v) is 4.45. The first-order valence-electron chi connectivity index (χ1n) is 7.61. The maximum absolute atomic E-state index is 13.0. The molecule has 1 aliphatic rings. The van der Waals surface area contributed by atoms with E-state index in [1.165, 1.54) is 0 Å². The molecule has 4 nitrogen and oxygen atoms in total. The molecule has 1 heterocycles. The van der Waals surface area contributed by atoms with E-state index in [9.17, 15) is 4.79 Å². The topological polar surface area (TPSA) is 41.6 Å². The van der Waals surface area contributed by atoms with E-state index in [1.54, 1.807) is 19.2 Å². The number of hydrogen-bond acceptors (Lipinski definition) is 3. The number of rotatable bonds is 3. The summed E-state index contributed by atoms with van der Waals surface area (Å²) in [4.78, 5) is 14.9. The van der Waals surface area contributed by atoms with Crippen molar-refractivity contribution in [2.75, 3.05) is 26.7 Å². The lowest BCUT2D eigenvalue weighted by Gasteiger charge is -2.37. The molecule has 0 aromatic heterocycles. The van der Waals surface area contributed by atoms with Gasteiger partial charge < -0.3 is 15.0 Å². The predicted octanol–water partition coefficient (Wildman–Crippen LogP) is 3.56. The molecule has 1 saturated heterocycles. The van der Waals surface area contributed by atoms with Crippen LogP contribution in [0.25, 0.3) is 0 Å². The fraction of sp³-hybridized carbons (Fsp3) is 0.278. The first-order chi connectivity index (χ1) is 11.2. The number of hydrogen-bond donors (Lipinski definition) is 1. The number of amides is 1. The van der Waals surface area contributed by atoms with Gasteiger partial charge in [0, 0.05) is 24.7 Å². The highest BCUT2D eigenvalue weighted by molar-refractivity contribution is 6.31. The molecule has 0 saturated carbocycles. The van der Waals surface area contributed by atoms with Gasteiger partial charge in [-0.3, -0.25) is 4.79 Å². The van der Waals surface area contributed by atoms with Gasteiger partial charge in [-0.1, -0.05) is 41.9 Å². The van der Waals surface area contributed by atoms with Gasteiger partial charge in [0.1, 0.15) is 5.75 Å². The van der Waals surface area contributed by atoms with Gasteiger partial charge in [-0.05, 0) is 23.8 Å². The molecule has 0 aliphatic carbocycles. The molecule has 1 unspecified atom stereocenters. The Labute approximate surface area is 153 Å². The molecule has 0 spiro atoms. The Bertz CT molecular complexity index is 709. The molecule has 2 aromatic rings. The summed E-state index contributed by atoms with van der Waals surface area (Å²) in [6.45, 7) is 2.08. The van der Waals surface area contributed by atoms with Crippen molar-refractivity contribution in [3.05, 3.63) is 64.7 Å². The van der Waals surface area contributed by atoms with E-state index in [0.29, 0.717) is 29.4 Å². The normalized spacial score (nSPS) is 17.1. The van der Waals surface area contributed by atoms with Crippen LogP contribution in [0, 0.1) is 0 Å². The summed E-state index contributed by atoms with van der Waals surface area (Å²) in [7, 11) is 1.58. The van der Waals surface area contributed by atoms with Crippen molar-refractivity contribution in [2.45, 2.75) is 6.04 Å². The molecule has 1 N–H and O–H groups in total. The van der Waals surface area contributed by atoms with Crippen molar-refractivity contribution in [2.24, 2.45) is 0 Å². The Hall–Kier alpha value is -1.75. The number of ether oxygens (including phenoxy) is 1. The minimum absolute atomic E-state index is 0. The summed E-state index contributed by atoms with van der Waals surface area (Å²) < 4.78 is 5.33. The van der Waals surface area contributed by atoms with Gasteiger partial charge in [0.15, 0.2) is 0 Å². The number of nitrogens with one attached hydrogen (secondary N) is 1. The smallest absolute Gasteiger partial charge is 0.258 e. The Balaban J connectivity index is 0.00000208. The number of para-hydroxylation sites is 1. The molecule has 2 aromatic carbocycles. The molecule has 3 rings (SSSR count). The average molecular weight is 367 g/mol. The van der Waals surface area contributed by atoms with Crippen LogP contribution >= 0.6 is 24.0 Å². The summed E-state index contributed by atoms with van der Waals surface area (Å²) in [5.74, 6) is 0.558. The second-order valence-electron chi connectivity index (χ2n) is 5.44. The van der Waals surface area contributed by atoms with Crippen LogP contribution in [0.15, 0.2) is 48.5 Å². The molecular weight excluding hydrogens is 347 g/mol. The summed E-state index contributed by atoms with van der Waals surface area (Å²) in [5, 5.41) is 4.02. The Kier molecular flexibility index (Phi) is 6.49. The standard InChI is InChI=1S/C18H19ClN2O2.ClH/c1-23-17-9-5-3-7-14(17)18(22)21-11-10-20-12-16(21)13-6-2-4-8-15(13)19;/h2-9,16,20H,10-12H2,1H3;1H. The Morgan fingerprint density at radius 1 is 1.21 bits per heavy atom. The summed E-state index contributed by atoms with van der Waals surface area (Å²) in [6.07, 6.45) is 0. The van der Waals surface area contributed by atoms with Crippen molar-refractivity contribution < 1.29 is 9.53 Å². The zero-order valence-corrected chi connectivity index (χ0v) is 14.9. The molecule has 0 radical (unpaired) electrons. The highest BCUT2D eigenvalue weighted by atomic mass is 35.5. The lowest BCUT2D eigenvalue weighted by Crippen LogP contribution is -2.48. The van der Waals surface area contributed by atoms with Crippen LogP contribution in [0.1, 0.15) is 22.0 Å². The van der Waals surface area contributed by atoms with Crippen LogP contribution in [0.3, 0.4) is 0 Å². The fourth-order valence-electron chi connectivity index (χ4n) is 2.95. The van der Waals surface area contributed by atoms with Crippen molar-refractivity contribution in [1.82, 2.24) is 10.2 Å². The molecule has 24 heavy (non-hydrogen) atoms. The van der Waals surface area contributed by atoms with Gasteiger partial charge in [0.25, 0.3) is 5.91 Å². The van der Waals surface area contributed by atoms with Gasteiger partial charge in [-0.15, -0.1) is 12.4 Å². The van der Waals surface area contributed by atoms with E-state index in [4.69, 9.17) is 16.3 Å². The minimum atomic E-state index is -0.0881. The summed E-state index contributed by atoms with van der Waals surface area (Å²) in [5.41, 5.74) is 1.54. The highest BCUT2D eigenvalue weighted by Gasteiger charge is 2.30. The Morgan fingerprint density at radius 3 is 2.67 bits per heavy atom. The van der Waals surface area contributed by atoms with Crippen LogP contribution < -0.4 is 10.1 Å². The molecule has 1 amide bonds. The average Bonchev–Trinajstić information content (AvgIpc) is 2.61. The maximum atomic E-state index is 13.0. The Morgan fingerprint density at radius 2 is 1.92 bits per heavy atom. The number of carbonyl (C=O) groups excluding carboxylic acids is 1. The largest absolute Gasteiger partial charge is 0.496 e. The third kappa shape index (κ3) is 3.66. The first-order valence-corrected chi connectivity index (χ1v) is 7.99. The van der Waals surface area contributed by atoms with Crippen LogP contribution in [-0.4, -0.2) is 37.6 Å². The molecule has 1 fully saturated rings. The zero-order chi connectivity index (χ0) is 16.2. The van der Waals surface area contributed by atoms with Gasteiger partial charge in [0.2, 0.25) is 0 Å². The number of nitrogens with zero attached hydrogens (tertiary/aromatic N) is 1. The van der Waals surface area contributed by atoms with E-state index >= 15 is 0 Å². The predicted molar refractivity (Wildman–Crippen MR) is 98.3 cm³/mol. The third-order valence-electron chi connectivity index (χ3n) is 4.11. The van der Waals surface area contributed by atoms with E-state index < -0.39 is 0 Å². The van der Waals surface area contributed by atoms with Crippen molar-refractivity contribution in [1.29, 1.82) is 0 Å². The second-order valence-corrected chi connectivity index (χ2v) is 5.85. The van der Waals surface area contributed by atoms with Crippen LogP contribution in [0.5, 0.6) is 5.75 Å². The lowest BCUT2D eigenvalue weighted by atomic mass is 10.0. The fourth-order valence-corrected chi connectivity index (χ4v) is 3.21. The summed E-state index contributed by atoms with van der Waals surface area (Å²) >= 11 is 6.34. The quantitative estimate of drug-likeness (QED) is 0.902. The highest BCUT2D eigenvalue weighted by Crippen LogP contribution is 2.31. The van der Waals surface area contributed by atoms with Gasteiger partial charge in [0.05, 0.1) is 18.7 Å². The van der Waals surface area contributed by atoms with E-state index in [1.807, 2.05) is 41.3 Å². The SMILES string of the molecule is COc1ccccc1C(=O)N1CCNCC1c1ccccc1Cl.Cl. The monoisotopic (exact) mass is 366 g/mol. The molecule has 0 bridgehead atoms. The van der Waals surface area contributed by atoms with Crippen LogP contribution in [0.2, 0.25) is 5.02 Å². The number of methoxy groups -OCH3 is 1. The minimum Gasteiger partial charge on any atom is -0.496 e. The van der Waals surface area contributed by atoms with Crippen LogP contribution in [0.4, 0.5) is 0 Å². The number of benzene rings is 2. The van der Waals surface area contributed by atoms with Crippen LogP contribution in [-0.2, 0) is 0 Å². The molecular formula is C18H20Cl2N2O2. The van der Waals surface area contributed by atoms with E-state index in [-0.39, 0.29) is 24.4 Å². The van der Waals surface area contributed by atoms with E-state index in [2.05, 4.69) is 5.32 Å². The second kappa shape index (κ2) is 8.38. The number of carbonyl (C=O) groups is 1. The lowest BCUT2D eigenvalue weighted by molar-refractivity contribution is 0.0631. The molecule has 1 aliphatic heterocycles. The molecule has 6 heteroatoms.